The first kappa shape index (κ1) is 17.6. The number of aliphatic hydroxyl groups is 1. The van der Waals surface area contributed by atoms with Gasteiger partial charge in [0.1, 0.15) is 5.75 Å². The van der Waals surface area contributed by atoms with Gasteiger partial charge in [-0.1, -0.05) is 19.1 Å². The highest BCUT2D eigenvalue weighted by molar-refractivity contribution is 5.87. The Labute approximate surface area is 154 Å². The Hall–Kier alpha value is -1.81. The Kier molecular flexibility index (Phi) is 4.34. The molecule has 1 aromatic rings. The van der Waals surface area contributed by atoms with Crippen LogP contribution >= 0.6 is 0 Å². The van der Waals surface area contributed by atoms with Gasteiger partial charge < -0.3 is 14.9 Å². The van der Waals surface area contributed by atoms with Gasteiger partial charge in [-0.3, -0.25) is 4.79 Å². The molecule has 0 saturated heterocycles. The Morgan fingerprint density at radius 2 is 2.12 bits per heavy atom. The molecule has 1 aromatic carbocycles. The summed E-state index contributed by atoms with van der Waals surface area (Å²) in [5.74, 6) is 1.19. The van der Waals surface area contributed by atoms with Gasteiger partial charge in [0.05, 0.1) is 19.1 Å². The third kappa shape index (κ3) is 2.66. The molecule has 0 aromatic heterocycles. The van der Waals surface area contributed by atoms with E-state index in [1.165, 1.54) is 5.56 Å². The number of esters is 1. The summed E-state index contributed by atoms with van der Waals surface area (Å²) in [6.07, 6.45) is 6.24. The van der Waals surface area contributed by atoms with Crippen molar-refractivity contribution in [3.05, 3.63) is 35.4 Å². The predicted octanol–water partition coefficient (Wildman–Crippen LogP) is 4.01. The van der Waals surface area contributed by atoms with E-state index in [0.717, 1.165) is 36.8 Å². The van der Waals surface area contributed by atoms with Crippen molar-refractivity contribution in [1.82, 2.24) is 0 Å². The lowest BCUT2D eigenvalue weighted by Gasteiger charge is -2.49. The molecule has 3 aliphatic carbocycles. The van der Waals surface area contributed by atoms with Crippen LogP contribution in [0, 0.1) is 17.3 Å². The zero-order chi connectivity index (χ0) is 18.5. The maximum Gasteiger partial charge on any atom is 0.310 e. The number of aliphatic hydroxyl groups excluding tert-OH is 1. The van der Waals surface area contributed by atoms with Crippen molar-refractivity contribution >= 4 is 11.5 Å². The van der Waals surface area contributed by atoms with Crippen LogP contribution in [0.1, 0.15) is 63.0 Å². The molecule has 0 aliphatic heterocycles. The molecule has 0 unspecified atom stereocenters. The van der Waals surface area contributed by atoms with Crippen LogP contribution < -0.4 is 0 Å². The quantitative estimate of drug-likeness (QED) is 0.803. The van der Waals surface area contributed by atoms with Crippen molar-refractivity contribution in [2.45, 2.75) is 58.0 Å². The molecule has 4 nitrogen and oxygen atoms in total. The van der Waals surface area contributed by atoms with Crippen molar-refractivity contribution < 1.29 is 19.7 Å². The van der Waals surface area contributed by atoms with Gasteiger partial charge in [0.15, 0.2) is 0 Å². The number of phenols is 1. The second-order valence-corrected chi connectivity index (χ2v) is 8.37. The van der Waals surface area contributed by atoms with E-state index in [2.05, 4.69) is 13.0 Å². The zero-order valence-corrected chi connectivity index (χ0v) is 15.6. The van der Waals surface area contributed by atoms with Crippen molar-refractivity contribution in [1.29, 1.82) is 0 Å². The highest BCUT2D eigenvalue weighted by atomic mass is 16.5. The number of carbonyl (C=O) groups excluding carboxylic acids is 1. The Morgan fingerprint density at radius 1 is 1.31 bits per heavy atom. The summed E-state index contributed by atoms with van der Waals surface area (Å²) in [5, 5.41) is 20.5. The molecule has 3 aliphatic rings. The molecular formula is C22H28O4. The van der Waals surface area contributed by atoms with Gasteiger partial charge in [-0.25, -0.2) is 0 Å². The summed E-state index contributed by atoms with van der Waals surface area (Å²) in [4.78, 5) is 12.1. The molecule has 0 amide bonds. The number of carbonyl (C=O) groups is 1. The van der Waals surface area contributed by atoms with Crippen LogP contribution in [0.15, 0.2) is 24.3 Å². The first-order valence-corrected chi connectivity index (χ1v) is 9.81. The minimum absolute atomic E-state index is 0.0267. The Balaban J connectivity index is 1.75. The molecular weight excluding hydrogens is 328 g/mol. The van der Waals surface area contributed by atoms with Crippen LogP contribution in [0.5, 0.6) is 5.75 Å². The second kappa shape index (κ2) is 6.41. The van der Waals surface area contributed by atoms with Crippen molar-refractivity contribution in [2.24, 2.45) is 17.3 Å². The standard InChI is InChI=1S/C22H28O4/c1-3-26-21(25)11-13-10-18-16(15-5-4-14(23)12-17(13)15)8-9-22(2)19(18)6-7-20(22)24/h4-5,10,12,16,18-20,23-24H,3,6-9,11H2,1-2H3/t16-,18-,19+,20+,22+/m1/s1. The van der Waals surface area contributed by atoms with Gasteiger partial charge in [-0.2, -0.15) is 0 Å². The third-order valence-corrected chi connectivity index (χ3v) is 7.10. The Bertz CT molecular complexity index is 753. The molecule has 2 saturated carbocycles. The Morgan fingerprint density at radius 3 is 2.88 bits per heavy atom. The third-order valence-electron chi connectivity index (χ3n) is 7.10. The molecule has 5 atom stereocenters. The summed E-state index contributed by atoms with van der Waals surface area (Å²) in [6, 6.07) is 5.56. The van der Waals surface area contributed by atoms with E-state index in [1.54, 1.807) is 12.1 Å². The van der Waals surface area contributed by atoms with Gasteiger partial charge in [-0.05, 0) is 84.6 Å². The second-order valence-electron chi connectivity index (χ2n) is 8.37. The number of allylic oxidation sites excluding steroid dienone is 1. The number of rotatable bonds is 3. The number of fused-ring (bicyclic) bond motifs is 5. The topological polar surface area (TPSA) is 66.8 Å². The van der Waals surface area contributed by atoms with Crippen LogP contribution in [0.25, 0.3) is 5.57 Å². The lowest BCUT2D eigenvalue weighted by atomic mass is 9.56. The van der Waals surface area contributed by atoms with Gasteiger partial charge >= 0.3 is 5.97 Å². The number of phenolic OH excluding ortho intramolecular Hbond substituents is 1. The number of benzene rings is 1. The number of aromatic hydroxyl groups is 1. The molecule has 0 radical (unpaired) electrons. The van der Waals surface area contributed by atoms with E-state index in [1.807, 2.05) is 13.0 Å². The summed E-state index contributed by atoms with van der Waals surface area (Å²) >= 11 is 0. The van der Waals surface area contributed by atoms with E-state index in [-0.39, 0.29) is 29.7 Å². The molecule has 26 heavy (non-hydrogen) atoms. The molecule has 140 valence electrons. The summed E-state index contributed by atoms with van der Waals surface area (Å²) < 4.78 is 5.17. The molecule has 4 heteroatoms. The number of ether oxygens (including phenoxy) is 1. The predicted molar refractivity (Wildman–Crippen MR) is 99.6 cm³/mol. The molecule has 2 N–H and O–H groups in total. The van der Waals surface area contributed by atoms with Crippen LogP contribution in [-0.2, 0) is 9.53 Å². The minimum Gasteiger partial charge on any atom is -0.508 e. The normalized spacial score (nSPS) is 35.1. The minimum atomic E-state index is -0.225. The fraction of sp³-hybridized carbons (Fsp3) is 0.591. The maximum absolute atomic E-state index is 12.1. The van der Waals surface area contributed by atoms with Crippen LogP contribution in [0.3, 0.4) is 0 Å². The summed E-state index contributed by atoms with van der Waals surface area (Å²) in [6.45, 7) is 4.42. The van der Waals surface area contributed by atoms with Crippen molar-refractivity contribution in [3.63, 3.8) is 0 Å². The summed E-state index contributed by atoms with van der Waals surface area (Å²) in [7, 11) is 0. The van der Waals surface area contributed by atoms with Crippen molar-refractivity contribution in [3.8, 4) is 5.75 Å². The van der Waals surface area contributed by atoms with Crippen LogP contribution in [0.2, 0.25) is 0 Å². The van der Waals surface area contributed by atoms with E-state index in [4.69, 9.17) is 4.74 Å². The van der Waals surface area contributed by atoms with E-state index >= 15 is 0 Å². The number of hydrogen-bond acceptors (Lipinski definition) is 4. The highest BCUT2D eigenvalue weighted by Crippen LogP contribution is 2.61. The zero-order valence-electron chi connectivity index (χ0n) is 15.6. The smallest absolute Gasteiger partial charge is 0.310 e. The average molecular weight is 356 g/mol. The van der Waals surface area contributed by atoms with E-state index in [0.29, 0.717) is 24.4 Å². The van der Waals surface area contributed by atoms with Crippen LogP contribution in [-0.4, -0.2) is 28.9 Å². The SMILES string of the molecule is CCOC(=O)CC1=C[C@@H]2[C@H](CC[C@]3(C)[C@@H](O)CC[C@@H]23)c2ccc(O)cc21. The lowest BCUT2D eigenvalue weighted by molar-refractivity contribution is -0.141. The first-order valence-electron chi connectivity index (χ1n) is 9.81. The number of hydrogen-bond donors (Lipinski definition) is 2. The molecule has 0 heterocycles. The van der Waals surface area contributed by atoms with Gasteiger partial charge in [0, 0.05) is 0 Å². The van der Waals surface area contributed by atoms with E-state index < -0.39 is 0 Å². The molecule has 4 rings (SSSR count). The largest absolute Gasteiger partial charge is 0.508 e. The summed E-state index contributed by atoms with van der Waals surface area (Å²) in [5.41, 5.74) is 3.15. The monoisotopic (exact) mass is 356 g/mol. The van der Waals surface area contributed by atoms with Crippen molar-refractivity contribution in [2.75, 3.05) is 6.61 Å². The van der Waals surface area contributed by atoms with Gasteiger partial charge in [0.25, 0.3) is 0 Å². The highest BCUT2D eigenvalue weighted by Gasteiger charge is 2.54. The van der Waals surface area contributed by atoms with Gasteiger partial charge in [0.2, 0.25) is 0 Å². The molecule has 2 fully saturated rings. The fourth-order valence-electron chi connectivity index (χ4n) is 5.75. The van der Waals surface area contributed by atoms with Crippen LogP contribution in [0.4, 0.5) is 0 Å². The molecule has 0 spiro atoms. The fourth-order valence-corrected chi connectivity index (χ4v) is 5.75. The van der Waals surface area contributed by atoms with E-state index in [9.17, 15) is 15.0 Å². The molecule has 0 bridgehead atoms. The first-order chi connectivity index (χ1) is 12.4. The maximum atomic E-state index is 12.1. The lowest BCUT2D eigenvalue weighted by Crippen LogP contribution is -2.42. The average Bonchev–Trinajstić information content (AvgIpc) is 2.91. The van der Waals surface area contributed by atoms with Gasteiger partial charge in [-0.15, -0.1) is 0 Å².